The van der Waals surface area contributed by atoms with Crippen molar-refractivity contribution in [2.24, 2.45) is 0 Å². The Kier molecular flexibility index (Phi) is 4.28. The van der Waals surface area contributed by atoms with Crippen molar-refractivity contribution in [3.63, 3.8) is 0 Å². The number of aromatic hydroxyl groups is 2. The molecule has 1 aromatic carbocycles. The Morgan fingerprint density at radius 3 is 1.12 bits per heavy atom. The van der Waals surface area contributed by atoms with Gasteiger partial charge in [0.25, 0.3) is 0 Å². The van der Waals surface area contributed by atoms with Gasteiger partial charge in [-0.2, -0.15) is 0 Å². The third-order valence-corrected chi connectivity index (χ3v) is 2.73. The second-order valence-corrected chi connectivity index (χ2v) is 6.39. The number of benzene rings is 1. The summed E-state index contributed by atoms with van der Waals surface area (Å²) in [5, 5.41) is 20.0. The molecule has 1 rings (SSSR count). The molecular weight excluding hydrogens is 212 g/mol. The third-order valence-electron chi connectivity index (χ3n) is 2.73. The van der Waals surface area contributed by atoms with Crippen LogP contribution in [0.5, 0.6) is 11.5 Å². The minimum absolute atomic E-state index is 0. The Hall–Kier alpha value is -1.18. The molecule has 0 aliphatic carbocycles. The molecule has 1 aromatic rings. The van der Waals surface area contributed by atoms with Gasteiger partial charge in [0.1, 0.15) is 11.5 Å². The van der Waals surface area contributed by atoms with Gasteiger partial charge in [0, 0.05) is 11.1 Å². The molecule has 0 aromatic heterocycles. The van der Waals surface area contributed by atoms with E-state index in [1.54, 1.807) is 12.1 Å². The van der Waals surface area contributed by atoms with Crippen LogP contribution in [-0.2, 0) is 10.8 Å². The number of phenolic OH excluding ortho intramolecular Hbond substituents is 2. The number of hydrogen-bond donors (Lipinski definition) is 2. The Bertz CT molecular complexity index is 353. The van der Waals surface area contributed by atoms with Crippen molar-refractivity contribution in [1.82, 2.24) is 0 Å². The van der Waals surface area contributed by atoms with Gasteiger partial charge in [0.05, 0.1) is 0 Å². The third kappa shape index (κ3) is 3.39. The monoisotopic (exact) mass is 238 g/mol. The van der Waals surface area contributed by atoms with Gasteiger partial charge in [-0.25, -0.2) is 0 Å². The van der Waals surface area contributed by atoms with E-state index in [1.807, 2.05) is 41.5 Å². The largest absolute Gasteiger partial charge is 0.508 e. The molecule has 2 N–H and O–H groups in total. The highest BCUT2D eigenvalue weighted by molar-refractivity contribution is 5.50. The van der Waals surface area contributed by atoms with E-state index in [-0.39, 0.29) is 29.8 Å². The summed E-state index contributed by atoms with van der Waals surface area (Å²) in [7, 11) is 0. The molecule has 0 radical (unpaired) electrons. The molecule has 0 atom stereocenters. The first kappa shape index (κ1) is 15.8. The summed E-state index contributed by atoms with van der Waals surface area (Å²) in [5.74, 6) is 0.519. The summed E-state index contributed by atoms with van der Waals surface area (Å²) >= 11 is 0. The molecule has 2 nitrogen and oxygen atoms in total. The molecule has 0 bridgehead atoms. The van der Waals surface area contributed by atoms with Crippen molar-refractivity contribution in [2.45, 2.75) is 59.8 Å². The summed E-state index contributed by atoms with van der Waals surface area (Å²) in [6, 6.07) is 3.35. The Morgan fingerprint density at radius 2 is 0.941 bits per heavy atom. The highest BCUT2D eigenvalue weighted by Gasteiger charge is 2.24. The number of hydrogen-bond acceptors (Lipinski definition) is 2. The minimum atomic E-state index is -0.169. The van der Waals surface area contributed by atoms with Crippen LogP contribution < -0.4 is 0 Å². The summed E-state index contributed by atoms with van der Waals surface area (Å²) in [6.45, 7) is 12.1. The summed E-state index contributed by atoms with van der Waals surface area (Å²) < 4.78 is 0. The number of phenols is 2. The molecule has 0 unspecified atom stereocenters. The highest BCUT2D eigenvalue weighted by Crippen LogP contribution is 2.39. The molecular formula is C15H26O2. The zero-order valence-electron chi connectivity index (χ0n) is 11.0. The average molecular weight is 238 g/mol. The van der Waals surface area contributed by atoms with E-state index in [0.717, 1.165) is 11.1 Å². The van der Waals surface area contributed by atoms with Gasteiger partial charge in [-0.15, -0.1) is 0 Å². The van der Waals surface area contributed by atoms with Gasteiger partial charge in [-0.05, 0) is 23.0 Å². The lowest BCUT2D eigenvalue weighted by molar-refractivity contribution is 0.419. The van der Waals surface area contributed by atoms with Crippen LogP contribution in [-0.4, -0.2) is 10.2 Å². The van der Waals surface area contributed by atoms with E-state index in [1.165, 1.54) is 0 Å². The molecule has 0 amide bonds. The molecule has 0 saturated carbocycles. The van der Waals surface area contributed by atoms with Crippen molar-refractivity contribution in [1.29, 1.82) is 0 Å². The van der Waals surface area contributed by atoms with E-state index < -0.39 is 0 Å². The van der Waals surface area contributed by atoms with Crippen molar-refractivity contribution in [3.8, 4) is 11.5 Å². The van der Waals surface area contributed by atoms with Gasteiger partial charge < -0.3 is 10.2 Å². The normalized spacial score (nSPS) is 12.1. The van der Waals surface area contributed by atoms with Crippen LogP contribution in [0, 0.1) is 0 Å². The fourth-order valence-corrected chi connectivity index (χ4v) is 1.78. The van der Waals surface area contributed by atoms with E-state index in [0.29, 0.717) is 0 Å². The molecule has 0 spiro atoms. The topological polar surface area (TPSA) is 40.5 Å². The SMILES string of the molecule is C.CC(C)(C)c1cc(O)c(C(C)(C)C)cc1O. The molecule has 0 aliphatic heterocycles. The lowest BCUT2D eigenvalue weighted by Gasteiger charge is -2.25. The van der Waals surface area contributed by atoms with Gasteiger partial charge in [-0.1, -0.05) is 49.0 Å². The molecule has 0 saturated heterocycles. The Morgan fingerprint density at radius 1 is 0.706 bits per heavy atom. The second-order valence-electron chi connectivity index (χ2n) is 6.39. The second kappa shape index (κ2) is 4.59. The van der Waals surface area contributed by atoms with Crippen LogP contribution in [0.2, 0.25) is 0 Å². The predicted molar refractivity (Wildman–Crippen MR) is 73.9 cm³/mol. The van der Waals surface area contributed by atoms with Crippen LogP contribution >= 0.6 is 0 Å². The summed E-state index contributed by atoms with van der Waals surface area (Å²) in [6.07, 6.45) is 0. The maximum Gasteiger partial charge on any atom is 0.119 e. The Balaban J connectivity index is 0.00000256. The minimum Gasteiger partial charge on any atom is -0.508 e. The summed E-state index contributed by atoms with van der Waals surface area (Å²) in [5.41, 5.74) is 1.21. The highest BCUT2D eigenvalue weighted by atomic mass is 16.3. The predicted octanol–water partition coefficient (Wildman–Crippen LogP) is 4.33. The zero-order valence-corrected chi connectivity index (χ0v) is 11.0. The van der Waals surface area contributed by atoms with Crippen LogP contribution in [0.4, 0.5) is 0 Å². The van der Waals surface area contributed by atoms with Crippen molar-refractivity contribution >= 4 is 0 Å². The van der Waals surface area contributed by atoms with Gasteiger partial charge in [-0.3, -0.25) is 0 Å². The van der Waals surface area contributed by atoms with E-state index >= 15 is 0 Å². The van der Waals surface area contributed by atoms with Crippen molar-refractivity contribution in [2.75, 3.05) is 0 Å². The van der Waals surface area contributed by atoms with Crippen LogP contribution in [0.15, 0.2) is 12.1 Å². The quantitative estimate of drug-likeness (QED) is 0.660. The average Bonchev–Trinajstić information content (AvgIpc) is 2.04. The molecule has 0 heterocycles. The first-order chi connectivity index (χ1) is 7.03. The van der Waals surface area contributed by atoms with Crippen molar-refractivity contribution in [3.05, 3.63) is 23.3 Å². The maximum absolute atomic E-state index is 10.0. The maximum atomic E-state index is 10.0. The first-order valence-corrected chi connectivity index (χ1v) is 5.60. The zero-order chi connectivity index (χ0) is 12.7. The first-order valence-electron chi connectivity index (χ1n) is 5.60. The lowest BCUT2D eigenvalue weighted by Crippen LogP contribution is -2.15. The molecule has 0 aliphatic rings. The fourth-order valence-electron chi connectivity index (χ4n) is 1.78. The van der Waals surface area contributed by atoms with E-state index in [2.05, 4.69) is 0 Å². The van der Waals surface area contributed by atoms with Gasteiger partial charge in [0.2, 0.25) is 0 Å². The molecule has 2 heteroatoms. The standard InChI is InChI=1S/C14H22O2.CH4/c1-13(2,3)9-7-12(16)10(8-11(9)15)14(4,5)6;/h7-8,15-16H,1-6H3;1H4. The number of rotatable bonds is 0. The lowest BCUT2D eigenvalue weighted by atomic mass is 9.81. The molecule has 98 valence electrons. The van der Waals surface area contributed by atoms with Gasteiger partial charge in [0.15, 0.2) is 0 Å². The van der Waals surface area contributed by atoms with Crippen LogP contribution in [0.25, 0.3) is 0 Å². The fraction of sp³-hybridized carbons (Fsp3) is 0.600. The van der Waals surface area contributed by atoms with E-state index in [9.17, 15) is 10.2 Å². The summed E-state index contributed by atoms with van der Waals surface area (Å²) in [4.78, 5) is 0. The molecule has 17 heavy (non-hydrogen) atoms. The molecule has 0 fully saturated rings. The van der Waals surface area contributed by atoms with Gasteiger partial charge >= 0.3 is 0 Å². The van der Waals surface area contributed by atoms with Crippen LogP contribution in [0.1, 0.15) is 60.1 Å². The smallest absolute Gasteiger partial charge is 0.119 e. The Labute approximate surface area is 105 Å². The van der Waals surface area contributed by atoms with Crippen molar-refractivity contribution < 1.29 is 10.2 Å². The van der Waals surface area contributed by atoms with E-state index in [4.69, 9.17) is 0 Å². The van der Waals surface area contributed by atoms with Crippen LogP contribution in [0.3, 0.4) is 0 Å².